The van der Waals surface area contributed by atoms with E-state index < -0.39 is 5.56 Å². The van der Waals surface area contributed by atoms with Gasteiger partial charge in [0.15, 0.2) is 0 Å². The lowest BCUT2D eigenvalue weighted by Gasteiger charge is -2.07. The zero-order valence-corrected chi connectivity index (χ0v) is 13.6. The van der Waals surface area contributed by atoms with E-state index in [4.69, 9.17) is 4.74 Å². The van der Waals surface area contributed by atoms with E-state index in [0.29, 0.717) is 16.1 Å². The number of nitrogens with zero attached hydrogens (tertiary/aromatic N) is 3. The summed E-state index contributed by atoms with van der Waals surface area (Å²) in [4.78, 5) is 28.2. The van der Waals surface area contributed by atoms with Gasteiger partial charge in [0.1, 0.15) is 11.4 Å². The first-order chi connectivity index (χ1) is 11.1. The molecule has 2 heterocycles. The van der Waals surface area contributed by atoms with E-state index in [2.05, 4.69) is 10.1 Å². The van der Waals surface area contributed by atoms with Gasteiger partial charge in [-0.25, -0.2) is 0 Å². The van der Waals surface area contributed by atoms with E-state index in [9.17, 15) is 9.59 Å². The Kier molecular flexibility index (Phi) is 4.20. The Morgan fingerprint density at radius 1 is 1.30 bits per heavy atom. The van der Waals surface area contributed by atoms with Crippen molar-refractivity contribution in [3.63, 3.8) is 0 Å². The molecule has 0 radical (unpaired) electrons. The molecule has 7 heteroatoms. The molecule has 0 bridgehead atoms. The Hall–Kier alpha value is -2.54. The molecule has 0 saturated carbocycles. The highest BCUT2D eigenvalue weighted by atomic mass is 32.1. The monoisotopic (exact) mass is 329 g/mol. The lowest BCUT2D eigenvalue weighted by molar-refractivity contribution is 0.317. The van der Waals surface area contributed by atoms with Gasteiger partial charge in [-0.05, 0) is 25.5 Å². The second-order valence-electron chi connectivity index (χ2n) is 5.00. The van der Waals surface area contributed by atoms with Gasteiger partial charge < -0.3 is 4.74 Å². The third kappa shape index (κ3) is 3.00. The summed E-state index contributed by atoms with van der Waals surface area (Å²) in [5.41, 5.74) is 0.315. The van der Waals surface area contributed by atoms with Crippen molar-refractivity contribution in [3.8, 4) is 5.75 Å². The van der Waals surface area contributed by atoms with E-state index in [0.717, 1.165) is 29.1 Å². The van der Waals surface area contributed by atoms with Crippen LogP contribution in [0.3, 0.4) is 0 Å². The van der Waals surface area contributed by atoms with Crippen LogP contribution in [0.2, 0.25) is 0 Å². The standard InChI is InChI=1S/C16H15N3O3S/c1-3-8-22-12-7-5-4-6-11(12)9-13-15(21)19-16(23-13)17-14(20)10(2)18-19/h4-7,9H,3,8H2,1-2H3/b13-9+. The second kappa shape index (κ2) is 6.29. The summed E-state index contributed by atoms with van der Waals surface area (Å²) in [7, 11) is 0. The van der Waals surface area contributed by atoms with Gasteiger partial charge in [-0.1, -0.05) is 36.5 Å². The molecule has 2 aromatic heterocycles. The smallest absolute Gasteiger partial charge is 0.295 e. The highest BCUT2D eigenvalue weighted by Crippen LogP contribution is 2.18. The van der Waals surface area contributed by atoms with Crippen molar-refractivity contribution in [2.75, 3.05) is 6.61 Å². The summed E-state index contributed by atoms with van der Waals surface area (Å²) < 4.78 is 7.32. The van der Waals surface area contributed by atoms with Crippen LogP contribution in [0.5, 0.6) is 5.75 Å². The van der Waals surface area contributed by atoms with Gasteiger partial charge in [0, 0.05) is 5.56 Å². The highest BCUT2D eigenvalue weighted by Gasteiger charge is 2.09. The number of aromatic nitrogens is 3. The van der Waals surface area contributed by atoms with Gasteiger partial charge in [0.25, 0.3) is 11.1 Å². The SMILES string of the molecule is CCCOc1ccccc1/C=c1/sc2nc(=O)c(C)nn2c1=O. The van der Waals surface area contributed by atoms with E-state index in [-0.39, 0.29) is 11.3 Å². The molecule has 6 nitrogen and oxygen atoms in total. The maximum atomic E-state index is 12.4. The highest BCUT2D eigenvalue weighted by molar-refractivity contribution is 7.15. The lowest BCUT2D eigenvalue weighted by atomic mass is 10.2. The number of rotatable bonds is 4. The minimum Gasteiger partial charge on any atom is -0.493 e. The van der Waals surface area contributed by atoms with Crippen LogP contribution in [0.4, 0.5) is 0 Å². The quantitative estimate of drug-likeness (QED) is 0.718. The zero-order chi connectivity index (χ0) is 16.4. The number of para-hydroxylation sites is 1. The molecule has 0 saturated heterocycles. The van der Waals surface area contributed by atoms with Crippen LogP contribution in [0.15, 0.2) is 33.9 Å². The number of aryl methyl sites for hydroxylation is 1. The number of hydrogen-bond acceptors (Lipinski definition) is 6. The van der Waals surface area contributed by atoms with Gasteiger partial charge in [0.05, 0.1) is 11.1 Å². The molecule has 23 heavy (non-hydrogen) atoms. The van der Waals surface area contributed by atoms with Gasteiger partial charge >= 0.3 is 0 Å². The summed E-state index contributed by atoms with van der Waals surface area (Å²) in [6.45, 7) is 4.18. The summed E-state index contributed by atoms with van der Waals surface area (Å²) in [6, 6.07) is 7.51. The van der Waals surface area contributed by atoms with Crippen LogP contribution in [0.1, 0.15) is 24.6 Å². The molecule has 0 N–H and O–H groups in total. The largest absolute Gasteiger partial charge is 0.493 e. The molecular weight excluding hydrogens is 314 g/mol. The Labute approximate surface area is 135 Å². The molecule has 3 aromatic rings. The molecule has 0 atom stereocenters. The molecule has 0 aliphatic carbocycles. The summed E-state index contributed by atoms with van der Waals surface area (Å²) in [5, 5.41) is 4.00. The average Bonchev–Trinajstić information content (AvgIpc) is 2.83. The van der Waals surface area contributed by atoms with E-state index in [1.165, 1.54) is 11.4 Å². The summed E-state index contributed by atoms with van der Waals surface area (Å²) in [5.74, 6) is 0.720. The van der Waals surface area contributed by atoms with Crippen molar-refractivity contribution in [3.05, 3.63) is 60.8 Å². The summed E-state index contributed by atoms with van der Waals surface area (Å²) >= 11 is 1.14. The maximum absolute atomic E-state index is 12.4. The minimum atomic E-state index is -0.413. The van der Waals surface area contributed by atoms with Crippen molar-refractivity contribution in [2.45, 2.75) is 20.3 Å². The normalized spacial score (nSPS) is 12.0. The number of ether oxygens (including phenoxy) is 1. The number of benzene rings is 1. The first-order valence-corrected chi connectivity index (χ1v) is 8.06. The molecule has 118 valence electrons. The average molecular weight is 329 g/mol. The third-order valence-electron chi connectivity index (χ3n) is 3.21. The molecule has 0 unspecified atom stereocenters. The Morgan fingerprint density at radius 3 is 2.87 bits per heavy atom. The fourth-order valence-electron chi connectivity index (χ4n) is 2.07. The van der Waals surface area contributed by atoms with Crippen LogP contribution in [0.25, 0.3) is 11.0 Å². The summed E-state index contributed by atoms with van der Waals surface area (Å²) in [6.07, 6.45) is 2.65. The predicted molar refractivity (Wildman–Crippen MR) is 89.2 cm³/mol. The molecule has 0 amide bonds. The van der Waals surface area contributed by atoms with Gasteiger partial charge in [-0.2, -0.15) is 14.6 Å². The topological polar surface area (TPSA) is 73.6 Å². The zero-order valence-electron chi connectivity index (χ0n) is 12.8. The number of thiazole rings is 1. The third-order valence-corrected chi connectivity index (χ3v) is 4.17. The van der Waals surface area contributed by atoms with E-state index >= 15 is 0 Å². The van der Waals surface area contributed by atoms with E-state index in [1.807, 2.05) is 31.2 Å². The second-order valence-corrected chi connectivity index (χ2v) is 6.01. The van der Waals surface area contributed by atoms with Crippen molar-refractivity contribution < 1.29 is 4.74 Å². The van der Waals surface area contributed by atoms with Gasteiger partial charge in [-0.3, -0.25) is 9.59 Å². The van der Waals surface area contributed by atoms with E-state index in [1.54, 1.807) is 6.08 Å². The molecule has 0 aliphatic rings. The van der Waals surface area contributed by atoms with Crippen molar-refractivity contribution in [1.29, 1.82) is 0 Å². The molecule has 1 aromatic carbocycles. The van der Waals surface area contributed by atoms with Crippen LogP contribution in [-0.2, 0) is 0 Å². The fourth-order valence-corrected chi connectivity index (χ4v) is 2.97. The maximum Gasteiger partial charge on any atom is 0.295 e. The van der Waals surface area contributed by atoms with Crippen LogP contribution < -0.4 is 20.4 Å². The van der Waals surface area contributed by atoms with Crippen LogP contribution in [-0.4, -0.2) is 21.2 Å². The molecule has 0 aliphatic heterocycles. The number of fused-ring (bicyclic) bond motifs is 1. The molecular formula is C16H15N3O3S. The predicted octanol–water partition coefficient (Wildman–Crippen LogP) is 1.16. The van der Waals surface area contributed by atoms with Crippen LogP contribution in [0, 0.1) is 6.92 Å². The Bertz CT molecular complexity index is 1020. The first kappa shape index (κ1) is 15.4. The van der Waals surface area contributed by atoms with Crippen LogP contribution >= 0.6 is 11.3 Å². The molecule has 0 spiro atoms. The molecule has 3 rings (SSSR count). The fraction of sp³-hybridized carbons (Fsp3) is 0.250. The first-order valence-electron chi connectivity index (χ1n) is 7.24. The van der Waals surface area contributed by atoms with Crippen molar-refractivity contribution >= 4 is 22.4 Å². The van der Waals surface area contributed by atoms with Gasteiger partial charge in [0.2, 0.25) is 4.96 Å². The number of hydrogen-bond donors (Lipinski definition) is 0. The molecule has 0 fully saturated rings. The lowest BCUT2D eigenvalue weighted by Crippen LogP contribution is -2.27. The Balaban J connectivity index is 2.17. The van der Waals surface area contributed by atoms with Crippen molar-refractivity contribution in [1.82, 2.24) is 14.6 Å². The minimum absolute atomic E-state index is 0.204. The van der Waals surface area contributed by atoms with Crippen molar-refractivity contribution in [2.24, 2.45) is 0 Å². The van der Waals surface area contributed by atoms with Gasteiger partial charge in [-0.15, -0.1) is 0 Å². The Morgan fingerprint density at radius 2 is 2.09 bits per heavy atom.